The van der Waals surface area contributed by atoms with Crippen LogP contribution in [0.4, 0.5) is 10.5 Å². The van der Waals surface area contributed by atoms with Crippen molar-refractivity contribution in [2.45, 2.75) is 59.2 Å². The number of amides is 3. The molecular formula is C31H37N3O4. The molecule has 0 fully saturated rings. The first kappa shape index (κ1) is 28.4. The Bertz CT molecular complexity index is 1320. The highest BCUT2D eigenvalue weighted by Crippen LogP contribution is 2.30. The highest BCUT2D eigenvalue weighted by molar-refractivity contribution is 6.00. The quantitative estimate of drug-likeness (QED) is 0.357. The summed E-state index contributed by atoms with van der Waals surface area (Å²) in [5.41, 5.74) is 2.38. The minimum atomic E-state index is -0.962. The van der Waals surface area contributed by atoms with Crippen molar-refractivity contribution in [3.8, 4) is 0 Å². The van der Waals surface area contributed by atoms with Crippen molar-refractivity contribution in [2.24, 2.45) is 0 Å². The zero-order valence-electron chi connectivity index (χ0n) is 23.0. The van der Waals surface area contributed by atoms with Crippen molar-refractivity contribution in [3.63, 3.8) is 0 Å². The molecule has 0 aromatic heterocycles. The summed E-state index contributed by atoms with van der Waals surface area (Å²) >= 11 is 0. The lowest BCUT2D eigenvalue weighted by Gasteiger charge is -2.34. The van der Waals surface area contributed by atoms with E-state index in [9.17, 15) is 14.4 Å². The average molecular weight is 516 g/mol. The number of hydrogen-bond donors (Lipinski definition) is 2. The van der Waals surface area contributed by atoms with Crippen LogP contribution in [0, 0.1) is 13.8 Å². The molecule has 0 spiro atoms. The summed E-state index contributed by atoms with van der Waals surface area (Å²) in [5.74, 6) is -0.797. The van der Waals surface area contributed by atoms with Gasteiger partial charge in [-0.25, -0.2) is 4.79 Å². The summed E-state index contributed by atoms with van der Waals surface area (Å²) in [6.45, 7) is 14.6. The fourth-order valence-corrected chi connectivity index (χ4v) is 4.42. The Morgan fingerprint density at radius 2 is 1.61 bits per heavy atom. The highest BCUT2D eigenvalue weighted by Gasteiger charge is 2.35. The van der Waals surface area contributed by atoms with Crippen LogP contribution in [0.15, 0.2) is 73.3 Å². The Balaban J connectivity index is 1.99. The summed E-state index contributed by atoms with van der Waals surface area (Å²) in [5, 5.41) is 7.66. The van der Waals surface area contributed by atoms with Crippen molar-refractivity contribution in [2.75, 3.05) is 11.9 Å². The van der Waals surface area contributed by atoms with E-state index in [-0.39, 0.29) is 12.5 Å². The number of ether oxygens (including phenoxy) is 1. The van der Waals surface area contributed by atoms with Gasteiger partial charge in [-0.1, -0.05) is 54.6 Å². The predicted octanol–water partition coefficient (Wildman–Crippen LogP) is 6.06. The summed E-state index contributed by atoms with van der Waals surface area (Å²) in [7, 11) is 0. The van der Waals surface area contributed by atoms with Gasteiger partial charge in [0.2, 0.25) is 5.91 Å². The first-order chi connectivity index (χ1) is 17.9. The summed E-state index contributed by atoms with van der Waals surface area (Å²) < 4.78 is 5.32. The molecule has 7 nitrogen and oxygen atoms in total. The molecule has 0 aliphatic rings. The number of fused-ring (bicyclic) bond motifs is 1. The number of benzene rings is 3. The third-order valence-corrected chi connectivity index (χ3v) is 6.11. The fourth-order valence-electron chi connectivity index (χ4n) is 4.42. The van der Waals surface area contributed by atoms with Crippen LogP contribution in [-0.2, 0) is 14.3 Å². The molecule has 0 bridgehead atoms. The minimum Gasteiger partial charge on any atom is -0.444 e. The number of aryl methyl sites for hydroxylation is 2. The lowest BCUT2D eigenvalue weighted by atomic mass is 9.93. The highest BCUT2D eigenvalue weighted by atomic mass is 16.6. The third kappa shape index (κ3) is 7.00. The topological polar surface area (TPSA) is 87.7 Å². The average Bonchev–Trinajstić information content (AvgIpc) is 2.83. The van der Waals surface area contributed by atoms with Gasteiger partial charge in [0.05, 0.1) is 0 Å². The summed E-state index contributed by atoms with van der Waals surface area (Å²) in [6.07, 6.45) is 0.864. The van der Waals surface area contributed by atoms with Gasteiger partial charge in [0, 0.05) is 12.2 Å². The number of nitrogens with one attached hydrogen (secondary N) is 2. The maximum atomic E-state index is 14.0. The molecule has 0 heterocycles. The monoisotopic (exact) mass is 515 g/mol. The van der Waals surface area contributed by atoms with Gasteiger partial charge in [0.1, 0.15) is 17.7 Å². The van der Waals surface area contributed by atoms with Crippen LogP contribution in [0.1, 0.15) is 50.4 Å². The van der Waals surface area contributed by atoms with E-state index in [0.29, 0.717) is 5.69 Å². The molecule has 200 valence electrons. The number of anilines is 1. The van der Waals surface area contributed by atoms with Crippen LogP contribution in [-0.4, -0.2) is 41.0 Å². The maximum absolute atomic E-state index is 14.0. The largest absolute Gasteiger partial charge is 0.444 e. The maximum Gasteiger partial charge on any atom is 0.408 e. The zero-order chi connectivity index (χ0) is 28.0. The number of hydrogen-bond acceptors (Lipinski definition) is 4. The Hall–Kier alpha value is -4.13. The van der Waals surface area contributed by atoms with Crippen LogP contribution >= 0.6 is 0 Å². The van der Waals surface area contributed by atoms with Crippen LogP contribution in [0.25, 0.3) is 10.8 Å². The Morgan fingerprint density at radius 1 is 0.974 bits per heavy atom. The zero-order valence-corrected chi connectivity index (χ0v) is 23.0. The lowest BCUT2D eigenvalue weighted by Crippen LogP contribution is -2.51. The molecule has 7 heteroatoms. The molecule has 0 radical (unpaired) electrons. The summed E-state index contributed by atoms with van der Waals surface area (Å²) in [4.78, 5) is 41.5. The molecule has 38 heavy (non-hydrogen) atoms. The van der Waals surface area contributed by atoms with E-state index in [1.807, 2.05) is 74.5 Å². The smallest absolute Gasteiger partial charge is 0.408 e. The molecule has 0 aliphatic carbocycles. The second-order valence-electron chi connectivity index (χ2n) is 10.4. The Kier molecular flexibility index (Phi) is 8.94. The molecule has 3 amide bonds. The van der Waals surface area contributed by atoms with E-state index < -0.39 is 29.7 Å². The van der Waals surface area contributed by atoms with Gasteiger partial charge >= 0.3 is 6.09 Å². The molecule has 3 aromatic rings. The summed E-state index contributed by atoms with van der Waals surface area (Å²) in [6, 6.07) is 17.4. The van der Waals surface area contributed by atoms with Crippen LogP contribution in [0.3, 0.4) is 0 Å². The third-order valence-electron chi connectivity index (χ3n) is 6.11. The molecule has 2 N–H and O–H groups in total. The van der Waals surface area contributed by atoms with Crippen LogP contribution in [0.5, 0.6) is 0 Å². The number of carbonyl (C=O) groups is 3. The van der Waals surface area contributed by atoms with E-state index in [1.54, 1.807) is 33.8 Å². The molecule has 0 saturated heterocycles. The van der Waals surface area contributed by atoms with E-state index >= 15 is 0 Å². The second kappa shape index (κ2) is 11.9. The minimum absolute atomic E-state index is 0.1000. The van der Waals surface area contributed by atoms with Gasteiger partial charge in [-0.15, -0.1) is 6.58 Å². The molecule has 3 rings (SSSR count). The van der Waals surface area contributed by atoms with Gasteiger partial charge in [0.15, 0.2) is 0 Å². The Labute approximate surface area is 224 Å². The van der Waals surface area contributed by atoms with E-state index in [0.717, 1.165) is 27.5 Å². The van der Waals surface area contributed by atoms with Crippen molar-refractivity contribution in [1.82, 2.24) is 10.2 Å². The van der Waals surface area contributed by atoms with E-state index in [1.165, 1.54) is 4.90 Å². The number of alkyl carbamates (subject to hydrolysis) is 1. The van der Waals surface area contributed by atoms with Crippen molar-refractivity contribution in [1.29, 1.82) is 0 Å². The lowest BCUT2D eigenvalue weighted by molar-refractivity contribution is -0.139. The van der Waals surface area contributed by atoms with Gasteiger partial charge in [0.25, 0.3) is 5.91 Å². The van der Waals surface area contributed by atoms with Gasteiger partial charge in [-0.2, -0.15) is 0 Å². The van der Waals surface area contributed by atoms with E-state index in [4.69, 9.17) is 4.74 Å². The predicted molar refractivity (Wildman–Crippen MR) is 152 cm³/mol. The molecule has 0 aliphatic heterocycles. The van der Waals surface area contributed by atoms with Crippen molar-refractivity contribution < 1.29 is 19.1 Å². The van der Waals surface area contributed by atoms with Crippen molar-refractivity contribution in [3.05, 3.63) is 90.0 Å². The number of nitrogens with zero attached hydrogens (tertiary/aromatic N) is 1. The SMILES string of the molecule is C=CCN(C(=O)C(C)NC(=O)OC(C)(C)C)C(C(=O)Nc1ccc2ccccc2c1)c1c(C)cccc1C. The molecular weight excluding hydrogens is 478 g/mol. The molecule has 2 atom stereocenters. The van der Waals surface area contributed by atoms with Crippen LogP contribution in [0.2, 0.25) is 0 Å². The molecule has 3 aromatic carbocycles. The van der Waals surface area contributed by atoms with E-state index in [2.05, 4.69) is 17.2 Å². The first-order valence-corrected chi connectivity index (χ1v) is 12.7. The van der Waals surface area contributed by atoms with Gasteiger partial charge < -0.3 is 20.3 Å². The standard InChI is InChI=1S/C31H37N3O4/c1-8-18-34(29(36)22(4)32-30(37)38-31(5,6)7)27(26-20(2)12-11-13-21(26)3)28(35)33-25-17-16-23-14-9-10-15-24(23)19-25/h8-17,19,22,27H,1,18H2,2-7H3,(H,32,37)(H,33,35). The molecule has 0 saturated carbocycles. The van der Waals surface area contributed by atoms with Crippen LogP contribution < -0.4 is 10.6 Å². The Morgan fingerprint density at radius 3 is 2.21 bits per heavy atom. The second-order valence-corrected chi connectivity index (χ2v) is 10.4. The first-order valence-electron chi connectivity index (χ1n) is 12.7. The number of rotatable bonds is 8. The van der Waals surface area contributed by atoms with Crippen molar-refractivity contribution >= 4 is 34.4 Å². The molecule has 2 unspecified atom stereocenters. The van der Waals surface area contributed by atoms with Gasteiger partial charge in [-0.05, 0) is 81.1 Å². The van der Waals surface area contributed by atoms with Gasteiger partial charge in [-0.3, -0.25) is 9.59 Å². The number of carbonyl (C=O) groups excluding carboxylic acids is 3. The fraction of sp³-hybridized carbons (Fsp3) is 0.323. The normalized spacial score (nSPS) is 12.8.